The van der Waals surface area contributed by atoms with Crippen molar-refractivity contribution in [2.75, 3.05) is 10.6 Å². The van der Waals surface area contributed by atoms with E-state index < -0.39 is 11.7 Å². The molecule has 1 heterocycles. The molecule has 1 aromatic heterocycles. The highest BCUT2D eigenvalue weighted by Crippen LogP contribution is 2.18. The predicted octanol–water partition coefficient (Wildman–Crippen LogP) is 4.12. The zero-order valence-corrected chi connectivity index (χ0v) is 14.8. The summed E-state index contributed by atoms with van der Waals surface area (Å²) in [5.74, 6) is -0.0907. The van der Waals surface area contributed by atoms with Gasteiger partial charge in [-0.2, -0.15) is 0 Å². The molecule has 0 fully saturated rings. The number of benzene rings is 2. The number of carbonyl (C=O) groups is 2. The number of anilines is 3. The Hall–Kier alpha value is -3.61. The smallest absolute Gasteiger partial charge is 0.274 e. The first-order valence-electron chi connectivity index (χ1n) is 8.21. The number of nitrogens with one attached hydrogen (secondary N) is 2. The third-order valence-corrected chi connectivity index (χ3v) is 3.72. The van der Waals surface area contributed by atoms with Crippen LogP contribution in [0, 0.1) is 12.7 Å². The summed E-state index contributed by atoms with van der Waals surface area (Å²) in [6, 6.07) is 14.0. The summed E-state index contributed by atoms with van der Waals surface area (Å²) >= 11 is 0. The van der Waals surface area contributed by atoms with Crippen molar-refractivity contribution in [2.24, 2.45) is 0 Å². The molecule has 136 valence electrons. The van der Waals surface area contributed by atoms with Gasteiger partial charge in [-0.1, -0.05) is 6.07 Å². The minimum absolute atomic E-state index is 0.0178. The Bertz CT molecular complexity index is 1000. The third-order valence-electron chi connectivity index (χ3n) is 3.72. The lowest BCUT2D eigenvalue weighted by molar-refractivity contribution is 0.101. The van der Waals surface area contributed by atoms with Gasteiger partial charge in [-0.05, 0) is 56.3 Å². The largest absolute Gasteiger partial charge is 0.340 e. The molecule has 0 aliphatic heterocycles. The molecule has 0 unspecified atom stereocenters. The second-order valence-corrected chi connectivity index (χ2v) is 5.91. The van der Waals surface area contributed by atoms with Crippen molar-refractivity contribution in [1.29, 1.82) is 0 Å². The Morgan fingerprint density at radius 3 is 2.37 bits per heavy atom. The highest BCUT2D eigenvalue weighted by molar-refractivity contribution is 6.03. The van der Waals surface area contributed by atoms with Crippen LogP contribution in [0.3, 0.4) is 0 Å². The topological polar surface area (TPSA) is 84.0 Å². The average molecular weight is 364 g/mol. The Morgan fingerprint density at radius 1 is 0.963 bits per heavy atom. The Balaban J connectivity index is 1.79. The van der Waals surface area contributed by atoms with E-state index in [4.69, 9.17) is 0 Å². The van der Waals surface area contributed by atoms with Gasteiger partial charge in [0, 0.05) is 23.0 Å². The van der Waals surface area contributed by atoms with Crippen LogP contribution in [0.5, 0.6) is 0 Å². The van der Waals surface area contributed by atoms with Crippen LogP contribution in [-0.2, 0) is 0 Å². The van der Waals surface area contributed by atoms with Crippen molar-refractivity contribution < 1.29 is 14.0 Å². The molecule has 1 amide bonds. The number of nitrogens with zero attached hydrogens (tertiary/aromatic N) is 2. The number of aryl methyl sites for hydroxylation is 1. The second-order valence-electron chi connectivity index (χ2n) is 5.91. The quantitative estimate of drug-likeness (QED) is 0.665. The molecule has 0 spiro atoms. The molecule has 7 heteroatoms. The molecule has 0 aliphatic carbocycles. The maximum atomic E-state index is 13.3. The molecule has 2 N–H and O–H groups in total. The molecule has 0 bridgehead atoms. The number of hydrogen-bond acceptors (Lipinski definition) is 5. The highest BCUT2D eigenvalue weighted by Gasteiger charge is 2.12. The van der Waals surface area contributed by atoms with Gasteiger partial charge >= 0.3 is 0 Å². The fourth-order valence-electron chi connectivity index (χ4n) is 2.45. The maximum absolute atomic E-state index is 13.3. The molecule has 2 aromatic carbocycles. The van der Waals surface area contributed by atoms with Gasteiger partial charge in [0.05, 0.1) is 0 Å². The van der Waals surface area contributed by atoms with E-state index in [1.807, 2.05) is 0 Å². The van der Waals surface area contributed by atoms with Crippen molar-refractivity contribution in [3.05, 3.63) is 77.5 Å². The first kappa shape index (κ1) is 18.2. The van der Waals surface area contributed by atoms with Gasteiger partial charge in [-0.15, -0.1) is 0 Å². The molecule has 6 nitrogen and oxygen atoms in total. The zero-order chi connectivity index (χ0) is 19.4. The number of aromatic nitrogens is 2. The summed E-state index contributed by atoms with van der Waals surface area (Å²) in [5, 5.41) is 5.68. The normalized spacial score (nSPS) is 10.3. The van der Waals surface area contributed by atoms with Gasteiger partial charge in [0.15, 0.2) is 5.78 Å². The number of carbonyl (C=O) groups excluding carboxylic acids is 2. The lowest BCUT2D eigenvalue weighted by Crippen LogP contribution is -2.15. The van der Waals surface area contributed by atoms with Crippen LogP contribution in [0.15, 0.2) is 54.6 Å². The molecule has 0 radical (unpaired) electrons. The molecular weight excluding hydrogens is 347 g/mol. The summed E-state index contributed by atoms with van der Waals surface area (Å²) in [5.41, 5.74) is 1.81. The number of ketones is 1. The number of hydrogen-bond donors (Lipinski definition) is 2. The van der Waals surface area contributed by atoms with Gasteiger partial charge < -0.3 is 10.6 Å². The van der Waals surface area contributed by atoms with E-state index in [0.717, 1.165) is 5.69 Å². The van der Waals surface area contributed by atoms with E-state index >= 15 is 0 Å². The predicted molar refractivity (Wildman–Crippen MR) is 101 cm³/mol. The molecule has 3 aromatic rings. The Kier molecular flexibility index (Phi) is 5.21. The van der Waals surface area contributed by atoms with Crippen molar-refractivity contribution in [3.63, 3.8) is 0 Å². The lowest BCUT2D eigenvalue weighted by Gasteiger charge is -2.10. The lowest BCUT2D eigenvalue weighted by atomic mass is 10.1. The maximum Gasteiger partial charge on any atom is 0.274 e. The minimum atomic E-state index is -0.471. The SMILES string of the molecule is CC(=O)c1ccc(Nc2cc(C(=O)Nc3cccc(F)c3)nc(C)n2)cc1. The van der Waals surface area contributed by atoms with Crippen molar-refractivity contribution in [3.8, 4) is 0 Å². The first-order valence-corrected chi connectivity index (χ1v) is 8.21. The van der Waals surface area contributed by atoms with Crippen LogP contribution in [0.2, 0.25) is 0 Å². The van der Waals surface area contributed by atoms with Gasteiger partial charge in [0.1, 0.15) is 23.2 Å². The summed E-state index contributed by atoms with van der Waals surface area (Å²) in [6.07, 6.45) is 0. The molecule has 0 atom stereocenters. The fraction of sp³-hybridized carbons (Fsp3) is 0.100. The molecule has 0 saturated carbocycles. The number of amides is 1. The van der Waals surface area contributed by atoms with E-state index in [0.29, 0.717) is 22.9 Å². The number of rotatable bonds is 5. The van der Waals surface area contributed by atoms with Gasteiger partial charge in [0.2, 0.25) is 0 Å². The van der Waals surface area contributed by atoms with Gasteiger partial charge in [-0.25, -0.2) is 14.4 Å². The highest BCUT2D eigenvalue weighted by atomic mass is 19.1. The van der Waals surface area contributed by atoms with Gasteiger partial charge in [0.25, 0.3) is 5.91 Å². The number of Topliss-reactive ketones (excluding diaryl/α,β-unsaturated/α-hetero) is 1. The minimum Gasteiger partial charge on any atom is -0.340 e. The van der Waals surface area contributed by atoms with Crippen LogP contribution in [0.25, 0.3) is 0 Å². The summed E-state index contributed by atoms with van der Waals surface area (Å²) in [6.45, 7) is 3.17. The van der Waals surface area contributed by atoms with Crippen LogP contribution in [-0.4, -0.2) is 21.7 Å². The van der Waals surface area contributed by atoms with E-state index in [-0.39, 0.29) is 11.5 Å². The van der Waals surface area contributed by atoms with Crippen LogP contribution >= 0.6 is 0 Å². The molecule has 0 saturated heterocycles. The first-order chi connectivity index (χ1) is 12.9. The summed E-state index contributed by atoms with van der Waals surface area (Å²) in [7, 11) is 0. The summed E-state index contributed by atoms with van der Waals surface area (Å²) < 4.78 is 13.3. The zero-order valence-electron chi connectivity index (χ0n) is 14.8. The molecule has 0 aliphatic rings. The van der Waals surface area contributed by atoms with Crippen LogP contribution in [0.4, 0.5) is 21.6 Å². The van der Waals surface area contributed by atoms with Crippen LogP contribution < -0.4 is 10.6 Å². The fourth-order valence-corrected chi connectivity index (χ4v) is 2.45. The van der Waals surface area contributed by atoms with Gasteiger partial charge in [-0.3, -0.25) is 9.59 Å². The van der Waals surface area contributed by atoms with E-state index in [9.17, 15) is 14.0 Å². The molecular formula is C20H17FN4O2. The average Bonchev–Trinajstić information content (AvgIpc) is 2.61. The molecule has 27 heavy (non-hydrogen) atoms. The number of halogens is 1. The second kappa shape index (κ2) is 7.74. The van der Waals surface area contributed by atoms with Crippen molar-refractivity contribution in [1.82, 2.24) is 9.97 Å². The van der Waals surface area contributed by atoms with E-state index in [1.165, 1.54) is 31.2 Å². The standard InChI is InChI=1S/C20H17FN4O2/c1-12(26)14-6-8-16(9-7-14)24-19-11-18(22-13(2)23-19)20(27)25-17-5-3-4-15(21)10-17/h3-11H,1-2H3,(H,25,27)(H,22,23,24). The van der Waals surface area contributed by atoms with E-state index in [1.54, 1.807) is 37.3 Å². The molecule has 3 rings (SSSR count). The van der Waals surface area contributed by atoms with Crippen molar-refractivity contribution in [2.45, 2.75) is 13.8 Å². The van der Waals surface area contributed by atoms with Crippen LogP contribution in [0.1, 0.15) is 33.6 Å². The van der Waals surface area contributed by atoms with E-state index in [2.05, 4.69) is 20.6 Å². The third kappa shape index (κ3) is 4.72. The van der Waals surface area contributed by atoms with Crippen molar-refractivity contribution >= 4 is 28.9 Å². The monoisotopic (exact) mass is 364 g/mol. The Labute approximate surface area is 155 Å². The Morgan fingerprint density at radius 2 is 1.70 bits per heavy atom. The summed E-state index contributed by atoms with van der Waals surface area (Å²) in [4.78, 5) is 32.1.